The fourth-order valence-corrected chi connectivity index (χ4v) is 2.49. The van der Waals surface area contributed by atoms with Gasteiger partial charge in [0.05, 0.1) is 5.69 Å². The number of likely N-dealkylation sites (tertiary alicyclic amines) is 1. The minimum atomic E-state index is -0.292. The fourth-order valence-electron chi connectivity index (χ4n) is 2.49. The maximum Gasteiger partial charge on any atom is 0.253 e. The van der Waals surface area contributed by atoms with E-state index in [1.807, 2.05) is 0 Å². The van der Waals surface area contributed by atoms with Gasteiger partial charge in [-0.2, -0.15) is 0 Å². The SMILES string of the molecule is C=CCOc1cc(C(=O)N2CCC(C(N)=O)CC2)ccc1N. The van der Waals surface area contributed by atoms with Crippen LogP contribution < -0.4 is 16.2 Å². The minimum Gasteiger partial charge on any atom is -0.487 e. The summed E-state index contributed by atoms with van der Waals surface area (Å²) in [5.41, 5.74) is 12.1. The van der Waals surface area contributed by atoms with Gasteiger partial charge in [0.2, 0.25) is 5.91 Å². The third-order valence-corrected chi connectivity index (χ3v) is 3.80. The number of amides is 2. The number of piperidine rings is 1. The van der Waals surface area contributed by atoms with Crippen molar-refractivity contribution >= 4 is 17.5 Å². The van der Waals surface area contributed by atoms with Crippen LogP contribution in [0.4, 0.5) is 5.69 Å². The fraction of sp³-hybridized carbons (Fsp3) is 0.375. The Morgan fingerprint density at radius 3 is 2.64 bits per heavy atom. The highest BCUT2D eigenvalue weighted by molar-refractivity contribution is 5.95. The molecule has 0 spiro atoms. The number of hydrogen-bond acceptors (Lipinski definition) is 4. The maximum atomic E-state index is 12.5. The van der Waals surface area contributed by atoms with Crippen molar-refractivity contribution in [1.82, 2.24) is 4.90 Å². The molecule has 0 saturated carbocycles. The van der Waals surface area contributed by atoms with Crippen LogP contribution in [0.25, 0.3) is 0 Å². The zero-order valence-electron chi connectivity index (χ0n) is 12.5. The number of benzene rings is 1. The highest BCUT2D eigenvalue weighted by Gasteiger charge is 2.26. The molecule has 0 aliphatic carbocycles. The van der Waals surface area contributed by atoms with E-state index in [1.54, 1.807) is 29.2 Å². The lowest BCUT2D eigenvalue weighted by Crippen LogP contribution is -2.41. The first-order valence-electron chi connectivity index (χ1n) is 7.24. The molecule has 6 nitrogen and oxygen atoms in total. The monoisotopic (exact) mass is 303 g/mol. The van der Waals surface area contributed by atoms with E-state index < -0.39 is 0 Å². The summed E-state index contributed by atoms with van der Waals surface area (Å²) in [6.07, 6.45) is 2.83. The van der Waals surface area contributed by atoms with Crippen LogP contribution in [0.15, 0.2) is 30.9 Å². The van der Waals surface area contributed by atoms with E-state index in [2.05, 4.69) is 6.58 Å². The Hall–Kier alpha value is -2.50. The number of primary amides is 1. The number of carbonyl (C=O) groups is 2. The highest BCUT2D eigenvalue weighted by Crippen LogP contribution is 2.25. The number of nitrogens with zero attached hydrogens (tertiary/aromatic N) is 1. The number of nitrogens with two attached hydrogens (primary N) is 2. The average Bonchev–Trinajstić information content (AvgIpc) is 2.53. The summed E-state index contributed by atoms with van der Waals surface area (Å²) >= 11 is 0. The topological polar surface area (TPSA) is 98.6 Å². The minimum absolute atomic E-state index is 0.0913. The maximum absolute atomic E-state index is 12.5. The van der Waals surface area contributed by atoms with Gasteiger partial charge in [-0.05, 0) is 31.0 Å². The number of nitrogen functional groups attached to an aromatic ring is 1. The van der Waals surface area contributed by atoms with Gasteiger partial charge in [-0.15, -0.1) is 0 Å². The molecule has 4 N–H and O–H groups in total. The lowest BCUT2D eigenvalue weighted by Gasteiger charge is -2.30. The van der Waals surface area contributed by atoms with E-state index in [4.69, 9.17) is 16.2 Å². The van der Waals surface area contributed by atoms with Gasteiger partial charge in [-0.25, -0.2) is 0 Å². The van der Waals surface area contributed by atoms with Gasteiger partial charge in [-0.1, -0.05) is 12.7 Å². The summed E-state index contributed by atoms with van der Waals surface area (Å²) in [5, 5.41) is 0. The van der Waals surface area contributed by atoms with Gasteiger partial charge in [0.15, 0.2) is 0 Å². The first kappa shape index (κ1) is 15.9. The summed E-state index contributed by atoms with van der Waals surface area (Å²) < 4.78 is 5.44. The molecular weight excluding hydrogens is 282 g/mol. The van der Waals surface area contributed by atoms with Crippen molar-refractivity contribution in [3.63, 3.8) is 0 Å². The second-order valence-corrected chi connectivity index (χ2v) is 5.32. The van der Waals surface area contributed by atoms with Crippen LogP contribution >= 0.6 is 0 Å². The van der Waals surface area contributed by atoms with Crippen LogP contribution in [0.1, 0.15) is 23.2 Å². The van der Waals surface area contributed by atoms with Crippen molar-refractivity contribution in [3.8, 4) is 5.75 Å². The van der Waals surface area contributed by atoms with Crippen LogP contribution in [0.3, 0.4) is 0 Å². The molecule has 6 heteroatoms. The molecule has 0 aromatic heterocycles. The Morgan fingerprint density at radius 2 is 2.05 bits per heavy atom. The van der Waals surface area contributed by atoms with E-state index in [0.29, 0.717) is 49.5 Å². The van der Waals surface area contributed by atoms with Crippen molar-refractivity contribution in [1.29, 1.82) is 0 Å². The zero-order valence-corrected chi connectivity index (χ0v) is 12.5. The van der Waals surface area contributed by atoms with Crippen molar-refractivity contribution < 1.29 is 14.3 Å². The summed E-state index contributed by atoms with van der Waals surface area (Å²) in [6.45, 7) is 4.96. The van der Waals surface area contributed by atoms with E-state index in [9.17, 15) is 9.59 Å². The van der Waals surface area contributed by atoms with Crippen molar-refractivity contribution in [3.05, 3.63) is 36.4 Å². The third kappa shape index (κ3) is 3.58. The summed E-state index contributed by atoms with van der Waals surface area (Å²) in [6, 6.07) is 4.97. The smallest absolute Gasteiger partial charge is 0.253 e. The normalized spacial score (nSPS) is 15.4. The van der Waals surface area contributed by atoms with E-state index in [0.717, 1.165) is 0 Å². The number of ether oxygens (including phenoxy) is 1. The summed E-state index contributed by atoms with van der Waals surface area (Å²) in [5.74, 6) is -0.0502. The molecule has 1 aromatic carbocycles. The molecule has 1 saturated heterocycles. The van der Waals surface area contributed by atoms with Gasteiger partial charge in [0, 0.05) is 24.6 Å². The molecular formula is C16H21N3O3. The van der Waals surface area contributed by atoms with Crippen LogP contribution in [-0.4, -0.2) is 36.4 Å². The average molecular weight is 303 g/mol. The van der Waals surface area contributed by atoms with E-state index in [1.165, 1.54) is 0 Å². The Kier molecular flexibility index (Phi) is 5.04. The van der Waals surface area contributed by atoms with Gasteiger partial charge in [-0.3, -0.25) is 9.59 Å². The van der Waals surface area contributed by atoms with Gasteiger partial charge >= 0.3 is 0 Å². The van der Waals surface area contributed by atoms with Crippen LogP contribution in [-0.2, 0) is 4.79 Å². The quantitative estimate of drug-likeness (QED) is 0.630. The van der Waals surface area contributed by atoms with Crippen molar-refractivity contribution in [2.45, 2.75) is 12.8 Å². The van der Waals surface area contributed by atoms with Crippen molar-refractivity contribution in [2.75, 3.05) is 25.4 Å². The van der Waals surface area contributed by atoms with Crippen LogP contribution in [0.2, 0.25) is 0 Å². The Balaban J connectivity index is 2.06. The van der Waals surface area contributed by atoms with Gasteiger partial charge in [0.25, 0.3) is 5.91 Å². The second-order valence-electron chi connectivity index (χ2n) is 5.32. The largest absolute Gasteiger partial charge is 0.487 e. The predicted molar refractivity (Wildman–Crippen MR) is 84.4 cm³/mol. The van der Waals surface area contributed by atoms with E-state index in [-0.39, 0.29) is 17.7 Å². The lowest BCUT2D eigenvalue weighted by atomic mass is 9.96. The molecule has 1 heterocycles. The Labute approximate surface area is 129 Å². The van der Waals surface area contributed by atoms with E-state index >= 15 is 0 Å². The molecule has 0 bridgehead atoms. The molecule has 0 unspecified atom stereocenters. The lowest BCUT2D eigenvalue weighted by molar-refractivity contribution is -0.123. The molecule has 1 aliphatic rings. The highest BCUT2D eigenvalue weighted by atomic mass is 16.5. The standard InChI is InChI=1S/C16H21N3O3/c1-2-9-22-14-10-12(3-4-13(14)17)16(21)19-7-5-11(6-8-19)15(18)20/h2-4,10-11H,1,5-9,17H2,(H2,18,20). The first-order chi connectivity index (χ1) is 10.5. The number of rotatable bonds is 5. The first-order valence-corrected chi connectivity index (χ1v) is 7.24. The van der Waals surface area contributed by atoms with Gasteiger partial charge < -0.3 is 21.1 Å². The number of carbonyl (C=O) groups excluding carboxylic acids is 2. The summed E-state index contributed by atoms with van der Waals surface area (Å²) in [7, 11) is 0. The molecule has 1 aromatic rings. The number of hydrogen-bond donors (Lipinski definition) is 2. The summed E-state index contributed by atoms with van der Waals surface area (Å²) in [4.78, 5) is 25.4. The predicted octanol–water partition coefficient (Wildman–Crippen LogP) is 1.17. The second kappa shape index (κ2) is 6.98. The Morgan fingerprint density at radius 1 is 1.36 bits per heavy atom. The third-order valence-electron chi connectivity index (χ3n) is 3.80. The van der Waals surface area contributed by atoms with Gasteiger partial charge in [0.1, 0.15) is 12.4 Å². The van der Waals surface area contributed by atoms with Crippen LogP contribution in [0.5, 0.6) is 5.75 Å². The molecule has 1 fully saturated rings. The van der Waals surface area contributed by atoms with Crippen LogP contribution in [0, 0.1) is 5.92 Å². The molecule has 0 atom stereocenters. The molecule has 2 amide bonds. The Bertz CT molecular complexity index is 578. The molecule has 0 radical (unpaired) electrons. The molecule has 2 rings (SSSR count). The molecule has 22 heavy (non-hydrogen) atoms. The number of anilines is 1. The van der Waals surface area contributed by atoms with Crippen molar-refractivity contribution in [2.24, 2.45) is 11.7 Å². The molecule has 1 aliphatic heterocycles. The zero-order chi connectivity index (χ0) is 16.1. The molecule has 118 valence electrons.